The largest absolute Gasteiger partial charge is 0.491 e. The number of nitrogens with two attached hydrogens (primary N) is 1. The van der Waals surface area contributed by atoms with Gasteiger partial charge in [0, 0.05) is 6.54 Å². The fourth-order valence-electron chi connectivity index (χ4n) is 3.17. The molecule has 1 heterocycles. The third-order valence-corrected chi connectivity index (χ3v) is 4.76. The number of amides is 1. The van der Waals surface area contributed by atoms with Crippen LogP contribution in [0.15, 0.2) is 48.5 Å². The van der Waals surface area contributed by atoms with E-state index in [1.165, 1.54) is 7.11 Å². The Morgan fingerprint density at radius 3 is 2.29 bits per heavy atom. The number of benzene rings is 2. The van der Waals surface area contributed by atoms with Crippen LogP contribution in [-0.2, 0) is 20.9 Å². The Hall–Kier alpha value is -2.57. The molecule has 0 aromatic heterocycles. The first kappa shape index (κ1) is 21.7. The molecule has 0 saturated carbocycles. The number of carbonyl (C=O) groups is 2. The van der Waals surface area contributed by atoms with E-state index >= 15 is 0 Å². The summed E-state index contributed by atoms with van der Waals surface area (Å²) in [5.74, 6) is -0.0926. The maximum absolute atomic E-state index is 11.9. The van der Waals surface area contributed by atoms with Gasteiger partial charge in [-0.2, -0.15) is 0 Å². The minimum Gasteiger partial charge on any atom is -0.491 e. The van der Waals surface area contributed by atoms with Crippen LogP contribution in [0.1, 0.15) is 18.4 Å². The van der Waals surface area contributed by atoms with E-state index in [1.54, 1.807) is 0 Å². The number of esters is 1. The predicted octanol–water partition coefficient (Wildman–Crippen LogP) is 2.68. The number of nitrogens with one attached hydrogen (secondary N) is 1. The molecule has 6 nitrogen and oxygen atoms in total. The van der Waals surface area contributed by atoms with Crippen molar-refractivity contribution in [3.8, 4) is 16.9 Å². The second kappa shape index (κ2) is 10.1. The first-order valence-electron chi connectivity index (χ1n) is 8.98. The molecule has 0 aliphatic carbocycles. The number of carbonyl (C=O) groups excluding carboxylic acids is 2. The van der Waals surface area contributed by atoms with E-state index in [2.05, 4.69) is 10.1 Å². The predicted molar refractivity (Wildman–Crippen MR) is 109 cm³/mol. The first-order valence-corrected chi connectivity index (χ1v) is 8.98. The number of hydrogen-bond donors (Lipinski definition) is 2. The summed E-state index contributed by atoms with van der Waals surface area (Å²) < 4.78 is 10.4. The molecule has 0 unspecified atom stereocenters. The van der Waals surface area contributed by atoms with Gasteiger partial charge in [-0.25, -0.2) is 0 Å². The molecular formula is C21H25ClN2O4. The third kappa shape index (κ3) is 5.47. The summed E-state index contributed by atoms with van der Waals surface area (Å²) in [7, 11) is 1.33. The van der Waals surface area contributed by atoms with Crippen LogP contribution in [0, 0.1) is 5.92 Å². The zero-order chi connectivity index (χ0) is 19.2. The van der Waals surface area contributed by atoms with Gasteiger partial charge < -0.3 is 20.5 Å². The summed E-state index contributed by atoms with van der Waals surface area (Å²) in [6.07, 6.45) is 0.677. The van der Waals surface area contributed by atoms with Gasteiger partial charge in [0.15, 0.2) is 0 Å². The SMILES string of the molecule is COC(=O)C[C@@H]1C[C@@H](COc2ccc(-c3ccc(CN)cc3)cc2)NC1=O.Cl. The topological polar surface area (TPSA) is 90.7 Å². The van der Waals surface area contributed by atoms with Crippen LogP contribution in [0.5, 0.6) is 5.75 Å². The van der Waals surface area contributed by atoms with Crippen LogP contribution >= 0.6 is 12.4 Å². The van der Waals surface area contributed by atoms with Crippen molar-refractivity contribution in [1.82, 2.24) is 5.32 Å². The van der Waals surface area contributed by atoms with E-state index in [0.29, 0.717) is 19.6 Å². The molecule has 1 aliphatic rings. The minimum absolute atomic E-state index is 0. The third-order valence-electron chi connectivity index (χ3n) is 4.76. The molecule has 2 aromatic rings. The van der Waals surface area contributed by atoms with E-state index < -0.39 is 0 Å². The van der Waals surface area contributed by atoms with Crippen molar-refractivity contribution in [2.75, 3.05) is 13.7 Å². The van der Waals surface area contributed by atoms with Gasteiger partial charge in [0.05, 0.1) is 25.5 Å². The standard InChI is InChI=1S/C21H24N2O4.ClH/c1-26-20(24)11-17-10-18(23-21(17)25)13-27-19-8-6-16(7-9-19)15-4-2-14(12-22)3-5-15;/h2-9,17-18H,10-13,22H2,1H3,(H,23,25);1H/t17-,18-;/m0./s1. The highest BCUT2D eigenvalue weighted by molar-refractivity contribution is 5.86. The van der Waals surface area contributed by atoms with E-state index in [4.69, 9.17) is 10.5 Å². The van der Waals surface area contributed by atoms with Crippen molar-refractivity contribution in [3.05, 3.63) is 54.1 Å². The van der Waals surface area contributed by atoms with Crippen LogP contribution in [0.2, 0.25) is 0 Å². The first-order chi connectivity index (χ1) is 13.1. The smallest absolute Gasteiger partial charge is 0.306 e. The van der Waals surface area contributed by atoms with Gasteiger partial charge in [-0.05, 0) is 35.2 Å². The van der Waals surface area contributed by atoms with Gasteiger partial charge in [-0.3, -0.25) is 9.59 Å². The fraction of sp³-hybridized carbons (Fsp3) is 0.333. The summed E-state index contributed by atoms with van der Waals surface area (Å²) in [5, 5.41) is 2.87. The molecule has 0 bridgehead atoms. The zero-order valence-corrected chi connectivity index (χ0v) is 16.5. The lowest BCUT2D eigenvalue weighted by Gasteiger charge is -2.12. The average molecular weight is 405 g/mol. The Bertz CT molecular complexity index is 793. The summed E-state index contributed by atoms with van der Waals surface area (Å²) in [6.45, 7) is 0.902. The second-order valence-corrected chi connectivity index (χ2v) is 6.65. The molecule has 7 heteroatoms. The summed E-state index contributed by atoms with van der Waals surface area (Å²) in [6, 6.07) is 15.9. The van der Waals surface area contributed by atoms with Crippen LogP contribution < -0.4 is 15.8 Å². The molecule has 1 amide bonds. The Balaban J connectivity index is 0.00000280. The monoisotopic (exact) mass is 404 g/mol. The maximum Gasteiger partial charge on any atom is 0.306 e. The Labute approximate surface area is 170 Å². The van der Waals surface area contributed by atoms with Crippen molar-refractivity contribution < 1.29 is 19.1 Å². The van der Waals surface area contributed by atoms with Gasteiger partial charge in [0.2, 0.25) is 5.91 Å². The summed E-state index contributed by atoms with van der Waals surface area (Å²) in [4.78, 5) is 23.3. The highest BCUT2D eigenvalue weighted by Gasteiger charge is 2.34. The number of halogens is 1. The number of hydrogen-bond acceptors (Lipinski definition) is 5. The minimum atomic E-state index is -0.369. The Kier molecular flexibility index (Phi) is 7.84. The van der Waals surface area contributed by atoms with Crippen molar-refractivity contribution in [2.24, 2.45) is 11.7 Å². The van der Waals surface area contributed by atoms with E-state index in [0.717, 1.165) is 22.4 Å². The van der Waals surface area contributed by atoms with Crippen molar-refractivity contribution in [3.63, 3.8) is 0 Å². The van der Waals surface area contributed by atoms with Gasteiger partial charge in [-0.15, -0.1) is 12.4 Å². The average Bonchev–Trinajstić information content (AvgIpc) is 3.06. The van der Waals surface area contributed by atoms with E-state index in [1.807, 2.05) is 48.5 Å². The molecule has 3 rings (SSSR count). The summed E-state index contributed by atoms with van der Waals surface area (Å²) >= 11 is 0. The summed E-state index contributed by atoms with van der Waals surface area (Å²) in [5.41, 5.74) is 8.94. The van der Waals surface area contributed by atoms with Crippen molar-refractivity contribution in [2.45, 2.75) is 25.4 Å². The van der Waals surface area contributed by atoms with Crippen molar-refractivity contribution in [1.29, 1.82) is 0 Å². The molecule has 1 fully saturated rings. The molecule has 0 spiro atoms. The lowest BCUT2D eigenvalue weighted by Crippen LogP contribution is -2.31. The highest BCUT2D eigenvalue weighted by Crippen LogP contribution is 2.24. The van der Waals surface area contributed by atoms with Crippen LogP contribution in [0.3, 0.4) is 0 Å². The highest BCUT2D eigenvalue weighted by atomic mass is 35.5. The maximum atomic E-state index is 11.9. The van der Waals surface area contributed by atoms with Crippen LogP contribution in [-0.4, -0.2) is 31.6 Å². The molecule has 3 N–H and O–H groups in total. The lowest BCUT2D eigenvalue weighted by atomic mass is 10.0. The molecule has 28 heavy (non-hydrogen) atoms. The number of ether oxygens (including phenoxy) is 2. The number of rotatable bonds is 7. The molecule has 1 aliphatic heterocycles. The van der Waals surface area contributed by atoms with Gasteiger partial charge in [0.25, 0.3) is 0 Å². The normalized spacial score (nSPS) is 18.1. The zero-order valence-electron chi connectivity index (χ0n) is 15.7. The second-order valence-electron chi connectivity index (χ2n) is 6.65. The molecule has 0 radical (unpaired) electrons. The van der Waals surface area contributed by atoms with Crippen molar-refractivity contribution >= 4 is 24.3 Å². The molecular weight excluding hydrogens is 380 g/mol. The molecule has 2 aromatic carbocycles. The van der Waals surface area contributed by atoms with Gasteiger partial charge in [0.1, 0.15) is 12.4 Å². The van der Waals surface area contributed by atoms with Crippen LogP contribution in [0.25, 0.3) is 11.1 Å². The van der Waals surface area contributed by atoms with Gasteiger partial charge >= 0.3 is 5.97 Å². The Morgan fingerprint density at radius 1 is 1.11 bits per heavy atom. The molecule has 1 saturated heterocycles. The fourth-order valence-corrected chi connectivity index (χ4v) is 3.17. The molecule has 2 atom stereocenters. The lowest BCUT2D eigenvalue weighted by molar-refractivity contribution is -0.143. The quantitative estimate of drug-likeness (QED) is 0.692. The Morgan fingerprint density at radius 2 is 1.71 bits per heavy atom. The molecule has 150 valence electrons. The number of methoxy groups -OCH3 is 1. The van der Waals surface area contributed by atoms with Gasteiger partial charge in [-0.1, -0.05) is 36.4 Å². The van der Waals surface area contributed by atoms with Crippen LogP contribution in [0.4, 0.5) is 0 Å². The van der Waals surface area contributed by atoms with E-state index in [9.17, 15) is 9.59 Å². The van der Waals surface area contributed by atoms with E-state index in [-0.39, 0.29) is 42.7 Å².